The highest BCUT2D eigenvalue weighted by atomic mass is 15.1. The first-order valence-corrected chi connectivity index (χ1v) is 10.1. The first kappa shape index (κ1) is 22.3. The van der Waals surface area contributed by atoms with E-state index in [9.17, 15) is 0 Å². The fourth-order valence-electron chi connectivity index (χ4n) is 3.16. The number of hydrogen-bond donors (Lipinski definition) is 0. The van der Waals surface area contributed by atoms with Crippen molar-refractivity contribution in [3.63, 3.8) is 0 Å². The largest absolute Gasteiger partial charge is 0.367 e. The zero-order valence-electron chi connectivity index (χ0n) is 18.2. The molecule has 0 N–H and O–H groups in total. The van der Waals surface area contributed by atoms with Crippen molar-refractivity contribution in [1.82, 2.24) is 4.90 Å². The molecule has 1 aromatic rings. The fourth-order valence-corrected chi connectivity index (χ4v) is 3.16. The Kier molecular flexibility index (Phi) is 9.48. The van der Waals surface area contributed by atoms with Gasteiger partial charge < -0.3 is 4.90 Å². The molecule has 0 aliphatic heterocycles. The molecule has 0 bridgehead atoms. The summed E-state index contributed by atoms with van der Waals surface area (Å²) in [5.41, 5.74) is 5.60. The number of rotatable bonds is 9. The minimum Gasteiger partial charge on any atom is -0.367 e. The molecule has 0 saturated carbocycles. The molecule has 1 heteroatoms. The van der Waals surface area contributed by atoms with Crippen molar-refractivity contribution in [2.24, 2.45) is 11.8 Å². The van der Waals surface area contributed by atoms with Crippen LogP contribution in [-0.2, 0) is 6.54 Å². The Morgan fingerprint density at radius 3 is 2.15 bits per heavy atom. The van der Waals surface area contributed by atoms with Crippen molar-refractivity contribution in [2.45, 2.75) is 67.9 Å². The lowest BCUT2D eigenvalue weighted by molar-refractivity contribution is 0.302. The van der Waals surface area contributed by atoms with Gasteiger partial charge in [-0.1, -0.05) is 89.6 Å². The zero-order chi connectivity index (χ0) is 19.7. The Balaban J connectivity index is 3.16. The van der Waals surface area contributed by atoms with E-state index in [1.807, 2.05) is 0 Å². The van der Waals surface area contributed by atoms with Crippen molar-refractivity contribution in [3.8, 4) is 0 Å². The normalized spacial score (nSPS) is 12.1. The van der Waals surface area contributed by atoms with E-state index in [4.69, 9.17) is 0 Å². The van der Waals surface area contributed by atoms with Crippen molar-refractivity contribution in [3.05, 3.63) is 71.0 Å². The Labute approximate surface area is 162 Å². The first-order chi connectivity index (χ1) is 12.2. The molecule has 144 valence electrons. The Morgan fingerprint density at radius 1 is 0.962 bits per heavy atom. The molecule has 0 fully saturated rings. The average molecular weight is 354 g/mol. The lowest BCUT2D eigenvalue weighted by Gasteiger charge is -2.30. The quantitative estimate of drug-likeness (QED) is 0.420. The maximum absolute atomic E-state index is 2.54. The third-order valence-corrected chi connectivity index (χ3v) is 4.34. The van der Waals surface area contributed by atoms with Gasteiger partial charge in [0.05, 0.1) is 0 Å². The predicted molar refractivity (Wildman–Crippen MR) is 117 cm³/mol. The molecular formula is C25H39N. The lowest BCUT2D eigenvalue weighted by Crippen LogP contribution is -2.27. The van der Waals surface area contributed by atoms with Crippen LogP contribution < -0.4 is 0 Å². The van der Waals surface area contributed by atoms with Crippen molar-refractivity contribution >= 4 is 0 Å². The predicted octanol–water partition coefficient (Wildman–Crippen LogP) is 7.33. The van der Waals surface area contributed by atoms with E-state index in [2.05, 4.69) is 109 Å². The Morgan fingerprint density at radius 2 is 1.62 bits per heavy atom. The van der Waals surface area contributed by atoms with Crippen LogP contribution in [-0.4, -0.2) is 11.4 Å². The third-order valence-electron chi connectivity index (χ3n) is 4.34. The van der Waals surface area contributed by atoms with Gasteiger partial charge in [-0.25, -0.2) is 0 Å². The molecule has 0 radical (unpaired) electrons. The maximum Gasteiger partial charge on any atom is 0.0432 e. The van der Waals surface area contributed by atoms with Gasteiger partial charge in [-0.2, -0.15) is 0 Å². The highest BCUT2D eigenvalue weighted by Crippen LogP contribution is 2.24. The van der Waals surface area contributed by atoms with E-state index < -0.39 is 0 Å². The fraction of sp³-hybridized carbons (Fsp3) is 0.520. The topological polar surface area (TPSA) is 3.24 Å². The second kappa shape index (κ2) is 11.1. The molecule has 26 heavy (non-hydrogen) atoms. The molecular weight excluding hydrogens is 314 g/mol. The molecule has 0 saturated heterocycles. The molecule has 0 amide bonds. The van der Waals surface area contributed by atoms with Gasteiger partial charge in [0.1, 0.15) is 0 Å². The van der Waals surface area contributed by atoms with Gasteiger partial charge in [-0.15, -0.1) is 0 Å². The molecule has 1 rings (SSSR count). The summed E-state index contributed by atoms with van der Waals surface area (Å²) >= 11 is 0. The molecule has 0 heterocycles. The van der Waals surface area contributed by atoms with Crippen LogP contribution in [0.1, 0.15) is 72.4 Å². The maximum atomic E-state index is 2.54. The summed E-state index contributed by atoms with van der Waals surface area (Å²) in [4.78, 5) is 2.54. The number of hydrogen-bond acceptors (Lipinski definition) is 1. The minimum atomic E-state index is 0.548. The molecule has 1 aromatic carbocycles. The van der Waals surface area contributed by atoms with Crippen LogP contribution in [0.2, 0.25) is 0 Å². The average Bonchev–Trinajstić information content (AvgIpc) is 2.53. The summed E-state index contributed by atoms with van der Waals surface area (Å²) in [6, 6.07) is 8.88. The number of benzene rings is 1. The highest BCUT2D eigenvalue weighted by molar-refractivity contribution is 5.32. The van der Waals surface area contributed by atoms with Crippen LogP contribution in [0, 0.1) is 11.8 Å². The van der Waals surface area contributed by atoms with Crippen LogP contribution in [0.4, 0.5) is 0 Å². The minimum absolute atomic E-state index is 0.548. The van der Waals surface area contributed by atoms with Crippen molar-refractivity contribution < 1.29 is 0 Å². The van der Waals surface area contributed by atoms with Gasteiger partial charge >= 0.3 is 0 Å². The van der Waals surface area contributed by atoms with Crippen LogP contribution in [0.3, 0.4) is 0 Å². The van der Waals surface area contributed by atoms with Crippen LogP contribution >= 0.6 is 0 Å². The summed E-state index contributed by atoms with van der Waals surface area (Å²) in [7, 11) is 0. The summed E-state index contributed by atoms with van der Waals surface area (Å²) in [5, 5.41) is 0. The van der Waals surface area contributed by atoms with E-state index >= 15 is 0 Å². The first-order valence-electron chi connectivity index (χ1n) is 10.1. The van der Waals surface area contributed by atoms with E-state index in [0.29, 0.717) is 17.8 Å². The van der Waals surface area contributed by atoms with Crippen LogP contribution in [0.5, 0.6) is 0 Å². The molecule has 0 atom stereocenters. The van der Waals surface area contributed by atoms with Crippen LogP contribution in [0.25, 0.3) is 0 Å². The van der Waals surface area contributed by atoms with Gasteiger partial charge in [-0.05, 0) is 48.8 Å². The monoisotopic (exact) mass is 353 g/mol. The SMILES string of the molecule is CC(C)=C(/C=C\C=C/C(C)C)N(Cc1ccccc1C(C)C)CC(C)C. The molecule has 0 spiro atoms. The zero-order valence-corrected chi connectivity index (χ0v) is 18.2. The second-order valence-corrected chi connectivity index (χ2v) is 8.50. The molecule has 0 aromatic heterocycles. The van der Waals surface area contributed by atoms with Crippen LogP contribution in [0.15, 0.2) is 59.8 Å². The number of allylic oxidation sites excluding steroid dienone is 5. The van der Waals surface area contributed by atoms with Gasteiger partial charge in [0, 0.05) is 18.8 Å². The van der Waals surface area contributed by atoms with E-state index in [-0.39, 0.29) is 0 Å². The van der Waals surface area contributed by atoms with E-state index in [0.717, 1.165) is 13.1 Å². The summed E-state index contributed by atoms with van der Waals surface area (Å²) in [6.07, 6.45) is 8.86. The summed E-state index contributed by atoms with van der Waals surface area (Å²) < 4.78 is 0. The standard InChI is InChI=1S/C25H39N/c1-19(2)13-9-12-16-25(22(7)8)26(17-20(3)4)18-23-14-10-11-15-24(23)21(5)6/h9-16,19-21H,17-18H2,1-8H3/b13-9-,16-12-. The summed E-state index contributed by atoms with van der Waals surface area (Å²) in [6.45, 7) is 20.0. The highest BCUT2D eigenvalue weighted by Gasteiger charge is 2.14. The number of nitrogens with zero attached hydrogens (tertiary/aromatic N) is 1. The molecule has 0 unspecified atom stereocenters. The Bertz CT molecular complexity index is 625. The Hall–Kier alpha value is -1.76. The summed E-state index contributed by atoms with van der Waals surface area (Å²) in [5.74, 6) is 1.75. The lowest BCUT2D eigenvalue weighted by atomic mass is 9.96. The van der Waals surface area contributed by atoms with Gasteiger partial charge in [0.25, 0.3) is 0 Å². The second-order valence-electron chi connectivity index (χ2n) is 8.50. The molecule has 1 nitrogen and oxygen atoms in total. The van der Waals surface area contributed by atoms with Gasteiger partial charge in [0.15, 0.2) is 0 Å². The van der Waals surface area contributed by atoms with Gasteiger partial charge in [0.2, 0.25) is 0 Å². The van der Waals surface area contributed by atoms with Gasteiger partial charge in [-0.3, -0.25) is 0 Å². The molecule has 0 aliphatic carbocycles. The van der Waals surface area contributed by atoms with Crippen molar-refractivity contribution in [2.75, 3.05) is 6.54 Å². The van der Waals surface area contributed by atoms with E-state index in [1.54, 1.807) is 0 Å². The third kappa shape index (κ3) is 7.64. The van der Waals surface area contributed by atoms with E-state index in [1.165, 1.54) is 22.4 Å². The van der Waals surface area contributed by atoms with Crippen molar-refractivity contribution in [1.29, 1.82) is 0 Å². The smallest absolute Gasteiger partial charge is 0.0432 e. The molecule has 0 aliphatic rings.